The number of aromatic amines is 1. The third-order valence-electron chi connectivity index (χ3n) is 3.53. The Hall–Kier alpha value is -1.33. The van der Waals surface area contributed by atoms with E-state index in [1.807, 2.05) is 26.4 Å². The average Bonchev–Trinajstić information content (AvgIpc) is 2.79. The first-order valence-electron chi connectivity index (χ1n) is 6.87. The second-order valence-corrected chi connectivity index (χ2v) is 5.59. The van der Waals surface area contributed by atoms with Crippen LogP contribution in [0.1, 0.15) is 41.7 Å². The number of aromatic nitrogens is 1. The quantitative estimate of drug-likeness (QED) is 0.764. The van der Waals surface area contributed by atoms with Crippen molar-refractivity contribution in [1.82, 2.24) is 15.2 Å². The van der Waals surface area contributed by atoms with Crippen LogP contribution in [0.25, 0.3) is 0 Å². The summed E-state index contributed by atoms with van der Waals surface area (Å²) in [6, 6.07) is 1.76. The molecule has 1 saturated carbocycles. The number of rotatable bonds is 4. The van der Waals surface area contributed by atoms with Crippen molar-refractivity contribution in [1.29, 1.82) is 0 Å². The molecule has 2 atom stereocenters. The number of aliphatic hydroxyl groups is 1. The molecule has 1 aromatic heterocycles. The Labute approximate surface area is 114 Å². The summed E-state index contributed by atoms with van der Waals surface area (Å²) >= 11 is 0. The number of hydrogen-bond donors (Lipinski definition) is 3. The molecule has 5 nitrogen and oxygen atoms in total. The monoisotopic (exact) mass is 265 g/mol. The fraction of sp³-hybridized carbons (Fsp3) is 0.643. The average molecular weight is 265 g/mol. The minimum absolute atomic E-state index is 0.109. The molecule has 0 unspecified atom stereocenters. The Kier molecular flexibility index (Phi) is 4.61. The molecule has 1 aromatic rings. The molecule has 0 bridgehead atoms. The maximum atomic E-state index is 12.1. The molecule has 2 rings (SSSR count). The van der Waals surface area contributed by atoms with E-state index in [9.17, 15) is 9.90 Å². The van der Waals surface area contributed by atoms with Crippen LogP contribution < -0.4 is 5.32 Å². The van der Waals surface area contributed by atoms with Gasteiger partial charge in [0.2, 0.25) is 0 Å². The highest BCUT2D eigenvalue weighted by atomic mass is 16.3. The van der Waals surface area contributed by atoms with Gasteiger partial charge in [-0.05, 0) is 38.6 Å². The highest BCUT2D eigenvalue weighted by Crippen LogP contribution is 2.18. The Morgan fingerprint density at radius 2 is 2.21 bits per heavy atom. The summed E-state index contributed by atoms with van der Waals surface area (Å²) in [5, 5.41) is 12.8. The number of carbonyl (C=O) groups is 1. The lowest BCUT2D eigenvalue weighted by Crippen LogP contribution is -2.45. The van der Waals surface area contributed by atoms with Crippen LogP contribution in [0.2, 0.25) is 0 Å². The van der Waals surface area contributed by atoms with Gasteiger partial charge in [0.15, 0.2) is 0 Å². The van der Waals surface area contributed by atoms with Gasteiger partial charge in [0.05, 0.1) is 12.1 Å². The van der Waals surface area contributed by atoms with Crippen molar-refractivity contribution in [3.05, 3.63) is 23.5 Å². The van der Waals surface area contributed by atoms with Crippen molar-refractivity contribution in [3.63, 3.8) is 0 Å². The van der Waals surface area contributed by atoms with E-state index in [4.69, 9.17) is 0 Å². The van der Waals surface area contributed by atoms with E-state index in [0.29, 0.717) is 5.69 Å². The highest BCUT2D eigenvalue weighted by Gasteiger charge is 2.25. The van der Waals surface area contributed by atoms with E-state index in [1.165, 1.54) is 0 Å². The molecule has 19 heavy (non-hydrogen) atoms. The maximum Gasteiger partial charge on any atom is 0.268 e. The summed E-state index contributed by atoms with van der Waals surface area (Å²) in [5.74, 6) is -0.129. The van der Waals surface area contributed by atoms with Crippen LogP contribution in [0.3, 0.4) is 0 Å². The van der Waals surface area contributed by atoms with E-state index in [2.05, 4.69) is 15.2 Å². The Bertz CT molecular complexity index is 428. The molecule has 3 N–H and O–H groups in total. The predicted octanol–water partition coefficient (Wildman–Crippen LogP) is 1.11. The first-order chi connectivity index (χ1) is 9.06. The van der Waals surface area contributed by atoms with Crippen molar-refractivity contribution in [3.8, 4) is 0 Å². The van der Waals surface area contributed by atoms with Gasteiger partial charge < -0.3 is 20.3 Å². The number of aliphatic hydroxyl groups excluding tert-OH is 1. The molecule has 0 spiro atoms. The lowest BCUT2D eigenvalue weighted by atomic mass is 9.92. The fourth-order valence-electron chi connectivity index (χ4n) is 2.55. The van der Waals surface area contributed by atoms with Crippen LogP contribution in [-0.4, -0.2) is 47.1 Å². The zero-order valence-electron chi connectivity index (χ0n) is 11.6. The first kappa shape index (κ1) is 14.1. The van der Waals surface area contributed by atoms with Gasteiger partial charge in [0.1, 0.15) is 5.69 Å². The molecule has 1 aliphatic carbocycles. The molecule has 1 fully saturated rings. The Morgan fingerprint density at radius 1 is 1.47 bits per heavy atom. The minimum atomic E-state index is -0.408. The molecular weight excluding hydrogens is 242 g/mol. The van der Waals surface area contributed by atoms with Gasteiger partial charge >= 0.3 is 0 Å². The van der Waals surface area contributed by atoms with Gasteiger partial charge in [-0.15, -0.1) is 0 Å². The fourth-order valence-corrected chi connectivity index (χ4v) is 2.55. The van der Waals surface area contributed by atoms with Crippen molar-refractivity contribution < 1.29 is 9.90 Å². The van der Waals surface area contributed by atoms with Gasteiger partial charge in [-0.25, -0.2) is 0 Å². The van der Waals surface area contributed by atoms with Crippen LogP contribution in [-0.2, 0) is 6.54 Å². The van der Waals surface area contributed by atoms with Gasteiger partial charge in [0.25, 0.3) is 5.91 Å². The van der Waals surface area contributed by atoms with Gasteiger partial charge in [0, 0.05) is 12.7 Å². The molecule has 1 aliphatic rings. The second-order valence-electron chi connectivity index (χ2n) is 5.59. The SMILES string of the molecule is CN(C)Cc1c[nH]c(C(=O)N[C@@H]2CCCC[C@H]2O)c1. The first-order valence-corrected chi connectivity index (χ1v) is 6.87. The second kappa shape index (κ2) is 6.21. The van der Waals surface area contributed by atoms with Crippen LogP contribution in [0.5, 0.6) is 0 Å². The summed E-state index contributed by atoms with van der Waals surface area (Å²) in [7, 11) is 3.98. The van der Waals surface area contributed by atoms with E-state index < -0.39 is 6.10 Å². The molecule has 0 aromatic carbocycles. The standard InChI is InChI=1S/C14H23N3O2/c1-17(2)9-10-7-12(15-8-10)14(19)16-11-5-3-4-6-13(11)18/h7-8,11,13,15,18H,3-6,9H2,1-2H3,(H,16,19)/t11-,13-/m1/s1. The summed E-state index contributed by atoms with van der Waals surface area (Å²) in [4.78, 5) is 17.1. The largest absolute Gasteiger partial charge is 0.391 e. The molecule has 106 valence electrons. The van der Waals surface area contributed by atoms with Crippen LogP contribution in [0.15, 0.2) is 12.3 Å². The summed E-state index contributed by atoms with van der Waals surface area (Å²) in [5.41, 5.74) is 1.65. The van der Waals surface area contributed by atoms with Crippen molar-refractivity contribution >= 4 is 5.91 Å². The van der Waals surface area contributed by atoms with Crippen LogP contribution >= 0.6 is 0 Å². The summed E-state index contributed by atoms with van der Waals surface area (Å²) in [6.45, 7) is 0.801. The van der Waals surface area contributed by atoms with Crippen molar-refractivity contribution in [2.75, 3.05) is 14.1 Å². The van der Waals surface area contributed by atoms with Crippen LogP contribution in [0.4, 0.5) is 0 Å². The zero-order valence-corrected chi connectivity index (χ0v) is 11.6. The molecule has 1 heterocycles. The van der Waals surface area contributed by atoms with Crippen LogP contribution in [0, 0.1) is 0 Å². The highest BCUT2D eigenvalue weighted by molar-refractivity contribution is 5.92. The summed E-state index contributed by atoms with van der Waals surface area (Å²) < 4.78 is 0. The smallest absolute Gasteiger partial charge is 0.268 e. The van der Waals surface area contributed by atoms with Gasteiger partial charge in [-0.1, -0.05) is 12.8 Å². The molecule has 0 radical (unpaired) electrons. The van der Waals surface area contributed by atoms with E-state index >= 15 is 0 Å². The number of hydrogen-bond acceptors (Lipinski definition) is 3. The number of nitrogens with one attached hydrogen (secondary N) is 2. The number of carbonyl (C=O) groups excluding carboxylic acids is 1. The number of nitrogens with zero attached hydrogens (tertiary/aromatic N) is 1. The molecule has 1 amide bonds. The van der Waals surface area contributed by atoms with Gasteiger partial charge in [-0.2, -0.15) is 0 Å². The summed E-state index contributed by atoms with van der Waals surface area (Å²) in [6.07, 6.45) is 5.20. The van der Waals surface area contributed by atoms with E-state index in [-0.39, 0.29) is 11.9 Å². The number of amides is 1. The normalized spacial score (nSPS) is 23.6. The maximum absolute atomic E-state index is 12.1. The zero-order chi connectivity index (χ0) is 13.8. The van der Waals surface area contributed by atoms with Gasteiger partial charge in [-0.3, -0.25) is 4.79 Å². The lowest BCUT2D eigenvalue weighted by Gasteiger charge is -2.28. The lowest BCUT2D eigenvalue weighted by molar-refractivity contribution is 0.0714. The van der Waals surface area contributed by atoms with E-state index in [1.54, 1.807) is 0 Å². The molecular formula is C14H23N3O2. The topological polar surface area (TPSA) is 68.4 Å². The predicted molar refractivity (Wildman–Crippen MR) is 73.9 cm³/mol. The molecule has 5 heteroatoms. The van der Waals surface area contributed by atoms with E-state index in [0.717, 1.165) is 37.8 Å². The van der Waals surface area contributed by atoms with Crippen molar-refractivity contribution in [2.24, 2.45) is 0 Å². The van der Waals surface area contributed by atoms with Crippen molar-refractivity contribution in [2.45, 2.75) is 44.4 Å². The third-order valence-corrected chi connectivity index (χ3v) is 3.53. The third kappa shape index (κ3) is 3.81. The molecule has 0 saturated heterocycles. The molecule has 0 aliphatic heterocycles. The number of H-pyrrole nitrogens is 1. The minimum Gasteiger partial charge on any atom is -0.391 e. The Morgan fingerprint density at radius 3 is 2.89 bits per heavy atom. The Balaban J connectivity index is 1.93.